The highest BCUT2D eigenvalue weighted by Crippen LogP contribution is 2.38. The fourth-order valence-electron chi connectivity index (χ4n) is 7.33. The Labute approximate surface area is 320 Å². The number of benzene rings is 7. The van der Waals surface area contributed by atoms with Gasteiger partial charge in [0.1, 0.15) is 11.9 Å². The molecule has 0 saturated heterocycles. The largest absolute Gasteiger partial charge is 0.443 e. The minimum absolute atomic E-state index is 0.0864. The fraction of sp³-hybridized carbons (Fsp3) is 0. The molecule has 7 aromatic carbocycles. The van der Waals surface area contributed by atoms with Crippen LogP contribution >= 0.6 is 11.3 Å². The third-order valence-corrected chi connectivity index (χ3v) is 11.1. The smallest absolute Gasteiger partial charge is 0.181 e. The fourth-order valence-corrected chi connectivity index (χ4v) is 8.27. The molecule has 0 N–H and O–H groups in total. The van der Waals surface area contributed by atoms with E-state index in [0.29, 0.717) is 28.6 Å². The maximum absolute atomic E-state index is 7.84. The van der Waals surface area contributed by atoms with Gasteiger partial charge in [0.15, 0.2) is 29.4 Å². The zero-order chi connectivity index (χ0) is 37.2. The molecular formula is C47H28N6OS. The molecule has 0 bridgehead atoms. The Morgan fingerprint density at radius 1 is 0.473 bits per heavy atom. The molecule has 0 aliphatic rings. The number of hydrogen-bond donors (Lipinski definition) is 0. The maximum atomic E-state index is 7.84. The first kappa shape index (κ1) is 30.2. The second kappa shape index (κ2) is 12.7. The topological polar surface area (TPSA) is 82.5 Å². The molecule has 11 rings (SSSR count). The zero-order valence-corrected chi connectivity index (χ0v) is 29.9. The minimum atomic E-state index is -0.0864. The van der Waals surface area contributed by atoms with E-state index >= 15 is 0 Å². The summed E-state index contributed by atoms with van der Waals surface area (Å²) in [4.78, 5) is 24.1. The van der Waals surface area contributed by atoms with Crippen molar-refractivity contribution in [2.24, 2.45) is 0 Å². The Morgan fingerprint density at radius 3 is 1.93 bits per heavy atom. The van der Waals surface area contributed by atoms with E-state index in [0.717, 1.165) is 76.1 Å². The molecule has 55 heavy (non-hydrogen) atoms. The molecule has 11 aromatic rings. The van der Waals surface area contributed by atoms with Crippen LogP contribution in [0.15, 0.2) is 175 Å². The number of rotatable bonds is 6. The first-order valence-electron chi connectivity index (χ1n) is 18.4. The van der Waals surface area contributed by atoms with Crippen molar-refractivity contribution >= 4 is 54.5 Å². The van der Waals surface area contributed by atoms with E-state index in [4.69, 9.17) is 25.7 Å². The molecule has 0 saturated carbocycles. The van der Waals surface area contributed by atoms with Crippen molar-refractivity contribution in [2.45, 2.75) is 0 Å². The molecule has 0 aliphatic carbocycles. The van der Waals surface area contributed by atoms with E-state index in [1.807, 2.05) is 78.9 Å². The van der Waals surface area contributed by atoms with Crippen molar-refractivity contribution in [3.05, 3.63) is 170 Å². The lowest BCUT2D eigenvalue weighted by atomic mass is 10.0. The number of fused-ring (bicyclic) bond motifs is 5. The average molecular weight is 726 g/mol. The Bertz CT molecular complexity index is 3220. The highest BCUT2D eigenvalue weighted by atomic mass is 32.1. The van der Waals surface area contributed by atoms with Crippen molar-refractivity contribution in [3.63, 3.8) is 0 Å². The van der Waals surface area contributed by atoms with E-state index in [-0.39, 0.29) is 6.37 Å². The number of oxazole rings is 1. The Balaban J connectivity index is 0.964. The maximum Gasteiger partial charge on any atom is 0.181 e. The summed E-state index contributed by atoms with van der Waals surface area (Å²) < 4.78 is 16.6. The molecule has 0 radical (unpaired) electrons. The van der Waals surface area contributed by atoms with Crippen LogP contribution in [0, 0.1) is 0 Å². The molecule has 4 heterocycles. The molecule has 0 fully saturated rings. The van der Waals surface area contributed by atoms with Crippen LogP contribution in [0.3, 0.4) is 0 Å². The van der Waals surface area contributed by atoms with Gasteiger partial charge in [0.25, 0.3) is 0 Å². The minimum Gasteiger partial charge on any atom is -0.443 e. The second-order valence-electron chi connectivity index (χ2n) is 13.4. The lowest BCUT2D eigenvalue weighted by Crippen LogP contribution is -2.00. The Kier molecular flexibility index (Phi) is 6.97. The van der Waals surface area contributed by atoms with Gasteiger partial charge in [0, 0.05) is 38.7 Å². The van der Waals surface area contributed by atoms with Crippen LogP contribution in [0.25, 0.3) is 105 Å². The molecule has 0 spiro atoms. The van der Waals surface area contributed by atoms with Gasteiger partial charge in [0.2, 0.25) is 0 Å². The van der Waals surface area contributed by atoms with Crippen molar-refractivity contribution in [1.29, 1.82) is 0 Å². The van der Waals surface area contributed by atoms with Gasteiger partial charge in [-0.15, -0.1) is 11.3 Å². The summed E-state index contributed by atoms with van der Waals surface area (Å²) in [5.74, 6) is 1.86. The molecule has 0 aliphatic heterocycles. The lowest BCUT2D eigenvalue weighted by molar-refractivity contribution is 0.602. The molecule has 0 unspecified atom stereocenters. The monoisotopic (exact) mass is 725 g/mol. The van der Waals surface area contributed by atoms with Crippen molar-refractivity contribution < 1.29 is 5.79 Å². The molecule has 4 aromatic heterocycles. The molecule has 8 heteroatoms. The van der Waals surface area contributed by atoms with Crippen LogP contribution in [0.5, 0.6) is 0 Å². The SMILES string of the molecule is [2H]c1nc2cc(-n3c4ccccc4c4cc(-c5cccc(-c6nc7cc(-c8nc(-c9ccccc9)nc(-c9ccccc9)n8)ccc7s6)c5)ccc43)ccc2o1. The molecule has 258 valence electrons. The summed E-state index contributed by atoms with van der Waals surface area (Å²) in [5, 5.41) is 3.26. The number of aromatic nitrogens is 6. The predicted octanol–water partition coefficient (Wildman–Crippen LogP) is 12.1. The van der Waals surface area contributed by atoms with Gasteiger partial charge < -0.3 is 8.98 Å². The highest BCUT2D eigenvalue weighted by Gasteiger charge is 2.17. The van der Waals surface area contributed by atoms with E-state index in [1.54, 1.807) is 11.3 Å². The Morgan fingerprint density at radius 2 is 1.13 bits per heavy atom. The molecule has 0 atom stereocenters. The number of hydrogen-bond acceptors (Lipinski definition) is 7. The van der Waals surface area contributed by atoms with E-state index in [2.05, 4.69) is 94.5 Å². The van der Waals surface area contributed by atoms with Gasteiger partial charge in [0.05, 0.1) is 21.3 Å². The van der Waals surface area contributed by atoms with Crippen LogP contribution in [0.4, 0.5) is 0 Å². The summed E-state index contributed by atoms with van der Waals surface area (Å²) in [6.45, 7) is 0. The zero-order valence-electron chi connectivity index (χ0n) is 30.1. The highest BCUT2D eigenvalue weighted by molar-refractivity contribution is 7.21. The van der Waals surface area contributed by atoms with Crippen LogP contribution in [-0.4, -0.2) is 29.5 Å². The normalized spacial score (nSPS) is 11.9. The van der Waals surface area contributed by atoms with E-state index in [9.17, 15) is 0 Å². The molecule has 7 nitrogen and oxygen atoms in total. The predicted molar refractivity (Wildman–Crippen MR) is 222 cm³/mol. The third-order valence-electron chi connectivity index (χ3n) is 9.98. The van der Waals surface area contributed by atoms with Crippen LogP contribution in [0.2, 0.25) is 0 Å². The van der Waals surface area contributed by atoms with Gasteiger partial charge in [-0.1, -0.05) is 103 Å². The van der Waals surface area contributed by atoms with Crippen LogP contribution in [0.1, 0.15) is 1.37 Å². The quantitative estimate of drug-likeness (QED) is 0.170. The van der Waals surface area contributed by atoms with Crippen molar-refractivity contribution in [3.8, 4) is 61.5 Å². The summed E-state index contributed by atoms with van der Waals surface area (Å²) in [7, 11) is 0. The lowest BCUT2D eigenvalue weighted by Gasteiger charge is -2.08. The summed E-state index contributed by atoms with van der Waals surface area (Å²) in [6.07, 6.45) is -0.0864. The molecule has 0 amide bonds. The number of thiazole rings is 1. The first-order chi connectivity index (χ1) is 27.6. The van der Waals surface area contributed by atoms with E-state index in [1.165, 1.54) is 0 Å². The number of para-hydroxylation sites is 1. The third kappa shape index (κ3) is 5.47. The van der Waals surface area contributed by atoms with Gasteiger partial charge in [-0.2, -0.15) is 0 Å². The summed E-state index contributed by atoms with van der Waals surface area (Å²) >= 11 is 1.67. The first-order valence-corrected chi connectivity index (χ1v) is 18.7. The van der Waals surface area contributed by atoms with E-state index < -0.39 is 0 Å². The van der Waals surface area contributed by atoms with Crippen molar-refractivity contribution in [1.82, 2.24) is 29.5 Å². The van der Waals surface area contributed by atoms with Crippen molar-refractivity contribution in [2.75, 3.05) is 0 Å². The van der Waals surface area contributed by atoms with Gasteiger partial charge in [-0.3, -0.25) is 0 Å². The summed E-state index contributed by atoms with van der Waals surface area (Å²) in [6, 6.07) is 55.9. The van der Waals surface area contributed by atoms with Crippen LogP contribution in [-0.2, 0) is 0 Å². The van der Waals surface area contributed by atoms with Gasteiger partial charge >= 0.3 is 0 Å². The standard InChI is InChI=1S/C47H28N6OS/c1-3-10-29(11-4-1)44-50-45(30-12-5-2-6-13-30)52-46(51-44)33-19-23-43-39(26-33)49-47(55-43)34-15-9-14-31(24-34)32-18-21-41-37(25-32)36-16-7-8-17-40(36)53(41)35-20-22-42-38(27-35)48-28-54-42/h1-28H/i28D. The summed E-state index contributed by atoms with van der Waals surface area (Å²) in [5.41, 5.74) is 11.4. The second-order valence-corrected chi connectivity index (χ2v) is 14.4. The molecular weight excluding hydrogens is 697 g/mol. The van der Waals surface area contributed by atoms with Gasteiger partial charge in [-0.25, -0.2) is 24.9 Å². The average Bonchev–Trinajstić information content (AvgIpc) is 3.96. The van der Waals surface area contributed by atoms with Crippen LogP contribution < -0.4 is 0 Å². The Hall–Kier alpha value is -7.29. The van der Waals surface area contributed by atoms with Gasteiger partial charge in [-0.05, 0) is 71.8 Å². The number of nitrogens with zero attached hydrogens (tertiary/aromatic N) is 6.